The highest BCUT2D eigenvalue weighted by Gasteiger charge is 2.40. The number of amides is 2. The van der Waals surface area contributed by atoms with E-state index in [1.807, 2.05) is 0 Å². The zero-order chi connectivity index (χ0) is 16.5. The lowest BCUT2D eigenvalue weighted by molar-refractivity contribution is -0.139. The van der Waals surface area contributed by atoms with Crippen LogP contribution in [0, 0.1) is 5.82 Å². The van der Waals surface area contributed by atoms with Crippen molar-refractivity contribution < 1.29 is 31.9 Å². The SMILES string of the molecule is O=C(Nc1ccc(F)c(C(F)(F)F)c1)N1CCC(F)(CO)C1. The first-order valence-corrected chi connectivity index (χ1v) is 6.37. The van der Waals surface area contributed by atoms with Gasteiger partial charge in [-0.25, -0.2) is 13.6 Å². The van der Waals surface area contributed by atoms with Crippen molar-refractivity contribution in [3.05, 3.63) is 29.6 Å². The van der Waals surface area contributed by atoms with Crippen LogP contribution < -0.4 is 5.32 Å². The van der Waals surface area contributed by atoms with Crippen LogP contribution in [0.15, 0.2) is 18.2 Å². The Morgan fingerprint density at radius 2 is 2.09 bits per heavy atom. The van der Waals surface area contributed by atoms with Crippen LogP contribution in [0.4, 0.5) is 32.4 Å². The molecule has 2 N–H and O–H groups in total. The van der Waals surface area contributed by atoms with E-state index in [1.54, 1.807) is 0 Å². The highest BCUT2D eigenvalue weighted by Crippen LogP contribution is 2.33. The van der Waals surface area contributed by atoms with Gasteiger partial charge in [0.2, 0.25) is 0 Å². The van der Waals surface area contributed by atoms with Gasteiger partial charge in [0.15, 0.2) is 5.67 Å². The Morgan fingerprint density at radius 1 is 1.41 bits per heavy atom. The minimum atomic E-state index is -4.89. The summed E-state index contributed by atoms with van der Waals surface area (Å²) in [4.78, 5) is 12.9. The molecule has 0 bridgehead atoms. The van der Waals surface area contributed by atoms with Gasteiger partial charge in [-0.1, -0.05) is 0 Å². The minimum Gasteiger partial charge on any atom is -0.393 e. The van der Waals surface area contributed by atoms with Crippen molar-refractivity contribution in [2.45, 2.75) is 18.3 Å². The number of carbonyl (C=O) groups is 1. The summed E-state index contributed by atoms with van der Waals surface area (Å²) in [7, 11) is 0. The summed E-state index contributed by atoms with van der Waals surface area (Å²) in [6, 6.07) is 1.23. The molecule has 1 aromatic rings. The minimum absolute atomic E-state index is 0.0240. The predicted molar refractivity (Wildman–Crippen MR) is 67.5 cm³/mol. The molecule has 0 aliphatic carbocycles. The molecule has 1 aromatic carbocycles. The number of carbonyl (C=O) groups excluding carboxylic acids is 1. The second kappa shape index (κ2) is 5.71. The Balaban J connectivity index is 2.10. The first-order valence-electron chi connectivity index (χ1n) is 6.37. The molecule has 1 unspecified atom stereocenters. The van der Waals surface area contributed by atoms with Crippen LogP contribution in [-0.4, -0.2) is 41.4 Å². The number of rotatable bonds is 2. The smallest absolute Gasteiger partial charge is 0.393 e. The van der Waals surface area contributed by atoms with Gasteiger partial charge in [0.1, 0.15) is 5.82 Å². The number of aliphatic hydroxyl groups is 1. The van der Waals surface area contributed by atoms with E-state index in [9.17, 15) is 26.7 Å². The average molecular weight is 324 g/mol. The summed E-state index contributed by atoms with van der Waals surface area (Å²) < 4.78 is 64.6. The molecule has 1 saturated heterocycles. The lowest BCUT2D eigenvalue weighted by Gasteiger charge is -2.20. The molecule has 1 heterocycles. The maximum Gasteiger partial charge on any atom is 0.419 e. The van der Waals surface area contributed by atoms with Gasteiger partial charge < -0.3 is 15.3 Å². The molecule has 0 aromatic heterocycles. The van der Waals surface area contributed by atoms with Crippen molar-refractivity contribution in [3.63, 3.8) is 0 Å². The van der Waals surface area contributed by atoms with Crippen molar-refractivity contribution >= 4 is 11.7 Å². The molecule has 0 spiro atoms. The van der Waals surface area contributed by atoms with Crippen molar-refractivity contribution in [2.24, 2.45) is 0 Å². The van der Waals surface area contributed by atoms with Crippen LogP contribution in [0.3, 0.4) is 0 Å². The second-order valence-electron chi connectivity index (χ2n) is 5.10. The molecule has 0 saturated carbocycles. The summed E-state index contributed by atoms with van der Waals surface area (Å²) >= 11 is 0. The van der Waals surface area contributed by atoms with Gasteiger partial charge >= 0.3 is 12.2 Å². The lowest BCUT2D eigenvalue weighted by atomic mass is 10.1. The zero-order valence-electron chi connectivity index (χ0n) is 11.3. The number of halogens is 5. The number of alkyl halides is 4. The summed E-state index contributed by atoms with van der Waals surface area (Å²) in [5, 5.41) is 11.0. The second-order valence-corrected chi connectivity index (χ2v) is 5.10. The first kappa shape index (κ1) is 16.5. The molecular weight excluding hydrogens is 311 g/mol. The zero-order valence-corrected chi connectivity index (χ0v) is 11.3. The van der Waals surface area contributed by atoms with Crippen molar-refractivity contribution in [2.75, 3.05) is 25.0 Å². The maximum atomic E-state index is 13.8. The number of likely N-dealkylation sites (tertiary alicyclic amines) is 1. The third kappa shape index (κ3) is 3.46. The van der Waals surface area contributed by atoms with E-state index in [4.69, 9.17) is 5.11 Å². The molecule has 122 valence electrons. The van der Waals surface area contributed by atoms with Crippen molar-refractivity contribution in [1.29, 1.82) is 0 Å². The Bertz CT molecular complexity index is 578. The standard InChI is InChI=1S/C13H13F5N2O2/c14-10-2-1-8(5-9(10)13(16,17)18)19-11(22)20-4-3-12(15,6-20)7-21/h1-2,5,21H,3-4,6-7H2,(H,19,22). The van der Waals surface area contributed by atoms with Crippen LogP contribution in [0.25, 0.3) is 0 Å². The van der Waals surface area contributed by atoms with Crippen LogP contribution in [0.1, 0.15) is 12.0 Å². The van der Waals surface area contributed by atoms with E-state index in [0.29, 0.717) is 12.1 Å². The molecule has 9 heteroatoms. The molecule has 0 radical (unpaired) electrons. The van der Waals surface area contributed by atoms with E-state index in [2.05, 4.69) is 5.32 Å². The Labute approximate surface area is 122 Å². The molecule has 1 fully saturated rings. The fraction of sp³-hybridized carbons (Fsp3) is 0.462. The van der Waals surface area contributed by atoms with Gasteiger partial charge in [0.05, 0.1) is 18.7 Å². The van der Waals surface area contributed by atoms with E-state index >= 15 is 0 Å². The highest BCUT2D eigenvalue weighted by atomic mass is 19.4. The molecule has 4 nitrogen and oxygen atoms in total. The first-order chi connectivity index (χ1) is 10.1. The molecule has 1 aliphatic rings. The fourth-order valence-electron chi connectivity index (χ4n) is 2.16. The number of nitrogens with one attached hydrogen (secondary N) is 1. The molecule has 1 atom stereocenters. The van der Waals surface area contributed by atoms with Gasteiger partial charge in [0, 0.05) is 18.7 Å². The monoisotopic (exact) mass is 324 g/mol. The van der Waals surface area contributed by atoms with E-state index in [1.165, 1.54) is 0 Å². The maximum absolute atomic E-state index is 13.8. The average Bonchev–Trinajstić information content (AvgIpc) is 2.83. The topological polar surface area (TPSA) is 52.6 Å². The predicted octanol–water partition coefficient (Wildman–Crippen LogP) is 2.78. The molecular formula is C13H13F5N2O2. The van der Waals surface area contributed by atoms with Crippen LogP contribution in [-0.2, 0) is 6.18 Å². The van der Waals surface area contributed by atoms with Gasteiger partial charge in [-0.3, -0.25) is 0 Å². The Morgan fingerprint density at radius 3 is 2.64 bits per heavy atom. The molecule has 2 rings (SSSR count). The fourth-order valence-corrected chi connectivity index (χ4v) is 2.16. The number of anilines is 1. The van der Waals surface area contributed by atoms with Crippen LogP contribution in [0.5, 0.6) is 0 Å². The normalized spacial score (nSPS) is 22.0. The Hall–Kier alpha value is -1.90. The summed E-state index contributed by atoms with van der Waals surface area (Å²) in [6.07, 6.45) is -4.95. The van der Waals surface area contributed by atoms with Crippen molar-refractivity contribution in [3.8, 4) is 0 Å². The third-order valence-corrected chi connectivity index (χ3v) is 3.40. The van der Waals surface area contributed by atoms with Gasteiger partial charge in [-0.05, 0) is 18.2 Å². The summed E-state index contributed by atoms with van der Waals surface area (Å²) in [6.45, 7) is -1.08. The highest BCUT2D eigenvalue weighted by molar-refractivity contribution is 5.89. The Kier molecular flexibility index (Phi) is 4.28. The van der Waals surface area contributed by atoms with E-state index < -0.39 is 35.9 Å². The molecule has 1 aliphatic heterocycles. The number of aliphatic hydroxyl groups excluding tert-OH is 1. The summed E-state index contributed by atoms with van der Waals surface area (Å²) in [5.74, 6) is -1.45. The van der Waals surface area contributed by atoms with Crippen LogP contribution >= 0.6 is 0 Å². The van der Waals surface area contributed by atoms with Gasteiger partial charge in [0.25, 0.3) is 0 Å². The quantitative estimate of drug-likeness (QED) is 0.822. The molecule has 22 heavy (non-hydrogen) atoms. The van der Waals surface area contributed by atoms with E-state index in [0.717, 1.165) is 11.0 Å². The number of hydrogen-bond donors (Lipinski definition) is 2. The number of hydrogen-bond acceptors (Lipinski definition) is 2. The number of urea groups is 1. The number of nitrogens with zero attached hydrogens (tertiary/aromatic N) is 1. The largest absolute Gasteiger partial charge is 0.419 e. The van der Waals surface area contributed by atoms with E-state index in [-0.39, 0.29) is 25.2 Å². The number of benzene rings is 1. The van der Waals surface area contributed by atoms with Crippen molar-refractivity contribution in [1.82, 2.24) is 4.90 Å². The third-order valence-electron chi connectivity index (χ3n) is 3.40. The summed E-state index contributed by atoms with van der Waals surface area (Å²) in [5.41, 5.74) is -3.65. The molecule has 2 amide bonds. The van der Waals surface area contributed by atoms with Gasteiger partial charge in [-0.2, -0.15) is 13.2 Å². The van der Waals surface area contributed by atoms with Gasteiger partial charge in [-0.15, -0.1) is 0 Å². The van der Waals surface area contributed by atoms with Crippen LogP contribution in [0.2, 0.25) is 0 Å². The lowest BCUT2D eigenvalue weighted by Crippen LogP contribution is -2.37.